The number of hydrogen-bond donors (Lipinski definition) is 2. The van der Waals surface area contributed by atoms with Gasteiger partial charge in [-0.1, -0.05) is 6.07 Å². The molecule has 1 aromatic carbocycles. The highest BCUT2D eigenvalue weighted by molar-refractivity contribution is 5.92. The van der Waals surface area contributed by atoms with Gasteiger partial charge in [0.15, 0.2) is 5.65 Å². The fourth-order valence-electron chi connectivity index (χ4n) is 2.33. The van der Waals surface area contributed by atoms with Crippen molar-refractivity contribution in [3.05, 3.63) is 60.0 Å². The lowest BCUT2D eigenvalue weighted by Gasteiger charge is -2.07. The monoisotopic (exact) mass is 339 g/mol. The fourth-order valence-corrected chi connectivity index (χ4v) is 2.33. The molecular formula is C17H17N5O3. The maximum atomic E-state index is 11.9. The Morgan fingerprint density at radius 1 is 1.12 bits per heavy atom. The Morgan fingerprint density at radius 2 is 1.92 bits per heavy atom. The standard InChI is InChI=1S/C17H17N5O3/c1-25-16(23)12-5-7-13(8-6-12)19-17(24)18-10-9-15-21-20-14-4-2-3-11-22(14)15/h2-8,11H,9-10H2,1H3,(H2,18,19,24). The van der Waals surface area contributed by atoms with Crippen molar-refractivity contribution in [3.63, 3.8) is 0 Å². The van der Waals surface area contributed by atoms with Crippen LogP contribution in [-0.4, -0.2) is 40.3 Å². The number of hydrogen-bond acceptors (Lipinski definition) is 5. The molecule has 0 bridgehead atoms. The van der Waals surface area contributed by atoms with Crippen molar-refractivity contribution in [2.24, 2.45) is 0 Å². The van der Waals surface area contributed by atoms with Crippen LogP contribution in [-0.2, 0) is 11.2 Å². The van der Waals surface area contributed by atoms with Crippen molar-refractivity contribution in [2.45, 2.75) is 6.42 Å². The summed E-state index contributed by atoms with van der Waals surface area (Å²) in [4.78, 5) is 23.3. The molecule has 2 aromatic heterocycles. The number of nitrogens with zero attached hydrogens (tertiary/aromatic N) is 3. The highest BCUT2D eigenvalue weighted by Crippen LogP contribution is 2.10. The van der Waals surface area contributed by atoms with Crippen LogP contribution in [0.4, 0.5) is 10.5 Å². The zero-order valence-electron chi connectivity index (χ0n) is 13.6. The zero-order chi connectivity index (χ0) is 17.6. The maximum absolute atomic E-state index is 11.9. The van der Waals surface area contributed by atoms with Crippen LogP contribution in [0, 0.1) is 0 Å². The number of nitrogens with one attached hydrogen (secondary N) is 2. The summed E-state index contributed by atoms with van der Waals surface area (Å²) in [5, 5.41) is 13.6. The van der Waals surface area contributed by atoms with E-state index in [1.54, 1.807) is 24.3 Å². The van der Waals surface area contributed by atoms with Gasteiger partial charge in [0.2, 0.25) is 0 Å². The molecule has 8 nitrogen and oxygen atoms in total. The van der Waals surface area contributed by atoms with Gasteiger partial charge >= 0.3 is 12.0 Å². The van der Waals surface area contributed by atoms with Crippen LogP contribution in [0.2, 0.25) is 0 Å². The summed E-state index contributed by atoms with van der Waals surface area (Å²) >= 11 is 0. The number of esters is 1. The van der Waals surface area contributed by atoms with E-state index in [0.717, 1.165) is 11.5 Å². The third-order valence-electron chi connectivity index (χ3n) is 3.58. The Morgan fingerprint density at radius 3 is 2.68 bits per heavy atom. The van der Waals surface area contributed by atoms with Gasteiger partial charge in [0.05, 0.1) is 12.7 Å². The molecule has 2 amide bonds. The summed E-state index contributed by atoms with van der Waals surface area (Å²) < 4.78 is 6.50. The Bertz CT molecular complexity index is 889. The number of anilines is 1. The fraction of sp³-hybridized carbons (Fsp3) is 0.176. The summed E-state index contributed by atoms with van der Waals surface area (Å²) in [6.07, 6.45) is 2.44. The van der Waals surface area contributed by atoms with E-state index in [4.69, 9.17) is 0 Å². The molecule has 0 spiro atoms. The summed E-state index contributed by atoms with van der Waals surface area (Å²) in [7, 11) is 1.32. The zero-order valence-corrected chi connectivity index (χ0v) is 13.6. The first-order valence-electron chi connectivity index (χ1n) is 7.69. The van der Waals surface area contributed by atoms with E-state index in [2.05, 4.69) is 25.6 Å². The first kappa shape index (κ1) is 16.4. The Balaban J connectivity index is 1.50. The van der Waals surface area contributed by atoms with Crippen LogP contribution in [0.3, 0.4) is 0 Å². The number of methoxy groups -OCH3 is 1. The first-order chi connectivity index (χ1) is 12.2. The highest BCUT2D eigenvalue weighted by Gasteiger charge is 2.07. The molecule has 0 aliphatic carbocycles. The average molecular weight is 339 g/mol. The lowest BCUT2D eigenvalue weighted by Crippen LogP contribution is -2.30. The quantitative estimate of drug-likeness (QED) is 0.692. The Hall–Kier alpha value is -3.42. The lowest BCUT2D eigenvalue weighted by atomic mass is 10.2. The SMILES string of the molecule is COC(=O)c1ccc(NC(=O)NCCc2nnc3ccccn23)cc1. The van der Waals surface area contributed by atoms with Gasteiger partial charge in [-0.2, -0.15) is 0 Å². The average Bonchev–Trinajstić information content (AvgIpc) is 3.05. The molecule has 0 radical (unpaired) electrons. The minimum absolute atomic E-state index is 0.334. The van der Waals surface area contributed by atoms with Gasteiger partial charge in [0.25, 0.3) is 0 Å². The van der Waals surface area contributed by atoms with Crippen LogP contribution in [0.1, 0.15) is 16.2 Å². The number of carbonyl (C=O) groups is 2. The van der Waals surface area contributed by atoms with E-state index in [1.807, 2.05) is 28.8 Å². The van der Waals surface area contributed by atoms with Crippen LogP contribution < -0.4 is 10.6 Å². The number of benzene rings is 1. The van der Waals surface area contributed by atoms with Crippen LogP contribution in [0.5, 0.6) is 0 Å². The van der Waals surface area contributed by atoms with Crippen molar-refractivity contribution in [1.29, 1.82) is 0 Å². The second-order valence-corrected chi connectivity index (χ2v) is 5.24. The largest absolute Gasteiger partial charge is 0.465 e. The molecule has 25 heavy (non-hydrogen) atoms. The number of amides is 2. The number of carbonyl (C=O) groups excluding carboxylic acids is 2. The molecule has 0 aliphatic rings. The predicted molar refractivity (Wildman–Crippen MR) is 91.5 cm³/mol. The van der Waals surface area contributed by atoms with Crippen molar-refractivity contribution in [1.82, 2.24) is 19.9 Å². The molecule has 128 valence electrons. The van der Waals surface area contributed by atoms with Gasteiger partial charge in [0, 0.05) is 24.8 Å². The molecule has 0 atom stereocenters. The molecule has 3 rings (SSSR count). The van der Waals surface area contributed by atoms with Gasteiger partial charge in [0.1, 0.15) is 5.82 Å². The number of aromatic nitrogens is 3. The molecule has 2 heterocycles. The van der Waals surface area contributed by atoms with Crippen molar-refractivity contribution in [3.8, 4) is 0 Å². The third kappa shape index (κ3) is 3.92. The van der Waals surface area contributed by atoms with Crippen molar-refractivity contribution in [2.75, 3.05) is 19.0 Å². The van der Waals surface area contributed by atoms with Crippen molar-refractivity contribution >= 4 is 23.3 Å². The normalized spacial score (nSPS) is 10.4. The summed E-state index contributed by atoms with van der Waals surface area (Å²) in [5.41, 5.74) is 1.78. The van der Waals surface area contributed by atoms with E-state index < -0.39 is 5.97 Å². The molecule has 0 saturated heterocycles. The molecule has 3 aromatic rings. The van der Waals surface area contributed by atoms with Crippen LogP contribution in [0.25, 0.3) is 5.65 Å². The van der Waals surface area contributed by atoms with Gasteiger partial charge in [-0.3, -0.25) is 4.40 Å². The van der Waals surface area contributed by atoms with E-state index in [0.29, 0.717) is 24.2 Å². The number of rotatable bonds is 5. The molecule has 2 N–H and O–H groups in total. The molecule has 0 saturated carbocycles. The molecular weight excluding hydrogens is 322 g/mol. The summed E-state index contributed by atoms with van der Waals surface area (Å²) in [6, 6.07) is 11.8. The van der Waals surface area contributed by atoms with Gasteiger partial charge in [-0.25, -0.2) is 9.59 Å². The minimum atomic E-state index is -0.420. The topological polar surface area (TPSA) is 97.6 Å². The predicted octanol–water partition coefficient (Wildman–Crippen LogP) is 1.88. The lowest BCUT2D eigenvalue weighted by molar-refractivity contribution is 0.0601. The number of ether oxygens (including phenoxy) is 1. The van der Waals surface area contributed by atoms with E-state index in [9.17, 15) is 9.59 Å². The number of pyridine rings is 1. The van der Waals surface area contributed by atoms with Crippen LogP contribution in [0.15, 0.2) is 48.7 Å². The summed E-state index contributed by atoms with van der Waals surface area (Å²) in [6.45, 7) is 0.418. The van der Waals surface area contributed by atoms with E-state index in [1.165, 1.54) is 7.11 Å². The first-order valence-corrected chi connectivity index (χ1v) is 7.69. The Kier molecular flexibility index (Phi) is 4.89. The number of urea groups is 1. The minimum Gasteiger partial charge on any atom is -0.465 e. The van der Waals surface area contributed by atoms with E-state index in [-0.39, 0.29) is 6.03 Å². The molecule has 0 fully saturated rings. The highest BCUT2D eigenvalue weighted by atomic mass is 16.5. The molecule has 8 heteroatoms. The maximum Gasteiger partial charge on any atom is 0.337 e. The molecule has 0 unspecified atom stereocenters. The Labute approximate surface area is 143 Å². The van der Waals surface area contributed by atoms with Gasteiger partial charge < -0.3 is 15.4 Å². The molecule has 0 aliphatic heterocycles. The summed E-state index contributed by atoms with van der Waals surface area (Å²) in [5.74, 6) is 0.356. The second-order valence-electron chi connectivity index (χ2n) is 5.24. The second kappa shape index (κ2) is 7.43. The number of fused-ring (bicyclic) bond motifs is 1. The van der Waals surface area contributed by atoms with Gasteiger partial charge in [-0.05, 0) is 36.4 Å². The van der Waals surface area contributed by atoms with E-state index >= 15 is 0 Å². The van der Waals surface area contributed by atoms with Gasteiger partial charge in [-0.15, -0.1) is 10.2 Å². The van der Waals surface area contributed by atoms with Crippen molar-refractivity contribution < 1.29 is 14.3 Å². The third-order valence-corrected chi connectivity index (χ3v) is 3.58. The smallest absolute Gasteiger partial charge is 0.337 e. The van der Waals surface area contributed by atoms with Crippen LogP contribution >= 0.6 is 0 Å².